The Morgan fingerprint density at radius 2 is 1.86 bits per heavy atom. The van der Waals surface area contributed by atoms with E-state index >= 15 is 0 Å². The smallest absolute Gasteiger partial charge is 0.336 e. The van der Waals surface area contributed by atoms with Gasteiger partial charge in [0.15, 0.2) is 4.45 Å². The molecule has 0 aromatic heterocycles. The van der Waals surface area contributed by atoms with Crippen LogP contribution in [-0.2, 0) is 6.18 Å². The van der Waals surface area contributed by atoms with E-state index < -0.39 is 11.7 Å². The molecule has 0 aliphatic rings. The molecule has 6 heteroatoms. The molecule has 1 N–H and O–H groups in total. The van der Waals surface area contributed by atoms with E-state index in [0.29, 0.717) is 0 Å². The molecule has 0 atom stereocenters. The largest absolute Gasteiger partial charge is 0.418 e. The van der Waals surface area contributed by atoms with Crippen molar-refractivity contribution in [2.45, 2.75) is 6.18 Å². The number of benzene rings is 1. The molecule has 0 saturated heterocycles. The highest BCUT2D eigenvalue weighted by Crippen LogP contribution is 2.34. The van der Waals surface area contributed by atoms with Crippen molar-refractivity contribution in [3.63, 3.8) is 0 Å². The normalized spacial score (nSPS) is 11.1. The number of para-hydroxylation sites is 1. The summed E-state index contributed by atoms with van der Waals surface area (Å²) >= 11 is 9.73. The van der Waals surface area contributed by atoms with E-state index in [1.165, 1.54) is 18.2 Å². The van der Waals surface area contributed by atoms with Gasteiger partial charge in [0.1, 0.15) is 0 Å². The highest BCUT2D eigenvalue weighted by molar-refractivity contribution is 7.83. The van der Waals surface area contributed by atoms with E-state index in [1.54, 1.807) is 0 Å². The second kappa shape index (κ2) is 4.14. The number of alkyl halides is 3. The van der Waals surface area contributed by atoms with Crippen molar-refractivity contribution < 1.29 is 13.2 Å². The summed E-state index contributed by atoms with van der Waals surface area (Å²) in [4.78, 5) is 0. The van der Waals surface area contributed by atoms with E-state index in [9.17, 15) is 13.2 Å². The summed E-state index contributed by atoms with van der Waals surface area (Å²) in [6.45, 7) is 0. The maximum Gasteiger partial charge on any atom is 0.418 e. The first-order valence-electron chi connectivity index (χ1n) is 3.54. The molecule has 1 nitrogen and oxygen atoms in total. The lowest BCUT2D eigenvalue weighted by atomic mass is 10.2. The van der Waals surface area contributed by atoms with Crippen LogP contribution in [0.15, 0.2) is 24.3 Å². The quantitative estimate of drug-likeness (QED) is 0.456. The van der Waals surface area contributed by atoms with Crippen molar-refractivity contribution in [3.05, 3.63) is 29.8 Å². The minimum Gasteiger partial charge on any atom is -0.336 e. The predicted octanol–water partition coefficient (Wildman–Crippen LogP) is 3.64. The fourth-order valence-electron chi connectivity index (χ4n) is 0.945. The fraction of sp³-hybridized carbons (Fsp3) is 0.125. The summed E-state index contributed by atoms with van der Waals surface area (Å²) in [6.07, 6.45) is -4.41. The molecular formula is C8H5ClF3NS. The van der Waals surface area contributed by atoms with Gasteiger partial charge >= 0.3 is 6.18 Å². The molecule has 0 heterocycles. The molecule has 1 aromatic carbocycles. The van der Waals surface area contributed by atoms with E-state index in [0.717, 1.165) is 6.07 Å². The van der Waals surface area contributed by atoms with Gasteiger partial charge in [-0.15, -0.1) is 0 Å². The number of thiocarbonyl (C=S) groups is 1. The van der Waals surface area contributed by atoms with E-state index in [4.69, 9.17) is 11.6 Å². The number of rotatable bonds is 1. The van der Waals surface area contributed by atoms with Gasteiger partial charge in [-0.2, -0.15) is 13.2 Å². The summed E-state index contributed by atoms with van der Waals surface area (Å²) in [7, 11) is 0. The molecule has 0 radical (unpaired) electrons. The highest BCUT2D eigenvalue weighted by Gasteiger charge is 2.33. The van der Waals surface area contributed by atoms with Crippen molar-refractivity contribution in [2.75, 3.05) is 5.32 Å². The van der Waals surface area contributed by atoms with Crippen LogP contribution in [0.5, 0.6) is 0 Å². The average molecular weight is 240 g/mol. The molecule has 0 fully saturated rings. The molecule has 0 saturated carbocycles. The van der Waals surface area contributed by atoms with Gasteiger partial charge in [0, 0.05) is 0 Å². The number of anilines is 1. The minimum absolute atomic E-state index is 0.139. The summed E-state index contributed by atoms with van der Waals surface area (Å²) in [5.74, 6) is 0. The van der Waals surface area contributed by atoms with Gasteiger partial charge in [0.2, 0.25) is 0 Å². The van der Waals surface area contributed by atoms with E-state index in [-0.39, 0.29) is 10.1 Å². The maximum atomic E-state index is 12.4. The Morgan fingerprint density at radius 3 is 2.36 bits per heavy atom. The molecule has 0 spiro atoms. The summed E-state index contributed by atoms with van der Waals surface area (Å²) in [6, 6.07) is 4.98. The molecule has 0 bridgehead atoms. The first-order chi connectivity index (χ1) is 6.41. The Balaban J connectivity index is 3.10. The first kappa shape index (κ1) is 11.3. The van der Waals surface area contributed by atoms with Crippen molar-refractivity contribution in [1.29, 1.82) is 0 Å². The minimum atomic E-state index is -4.41. The third-order valence-electron chi connectivity index (χ3n) is 1.47. The zero-order valence-corrected chi connectivity index (χ0v) is 8.30. The van der Waals surface area contributed by atoms with Crippen LogP contribution in [0.4, 0.5) is 18.9 Å². The number of hydrogen-bond donors (Lipinski definition) is 1. The molecule has 0 aliphatic carbocycles. The molecule has 0 aliphatic heterocycles. The second-order valence-corrected chi connectivity index (χ2v) is 3.45. The van der Waals surface area contributed by atoms with Gasteiger partial charge in [-0.05, 0) is 24.4 Å². The van der Waals surface area contributed by atoms with Gasteiger partial charge in [-0.1, -0.05) is 23.7 Å². The van der Waals surface area contributed by atoms with Crippen molar-refractivity contribution in [2.24, 2.45) is 0 Å². The number of nitrogens with one attached hydrogen (secondary N) is 1. The second-order valence-electron chi connectivity index (χ2n) is 2.44. The molecule has 14 heavy (non-hydrogen) atoms. The molecule has 0 amide bonds. The summed E-state index contributed by atoms with van der Waals surface area (Å²) in [5, 5.41) is 2.26. The average Bonchev–Trinajstić information content (AvgIpc) is 2.01. The van der Waals surface area contributed by atoms with E-state index in [1.807, 2.05) is 0 Å². The monoisotopic (exact) mass is 239 g/mol. The maximum absolute atomic E-state index is 12.4. The van der Waals surface area contributed by atoms with Crippen LogP contribution in [-0.4, -0.2) is 4.45 Å². The van der Waals surface area contributed by atoms with Crippen LogP contribution in [0.25, 0.3) is 0 Å². The Bertz CT molecular complexity index is 351. The van der Waals surface area contributed by atoms with Crippen LogP contribution in [0, 0.1) is 0 Å². The number of hydrogen-bond acceptors (Lipinski definition) is 1. The van der Waals surface area contributed by atoms with Crippen LogP contribution >= 0.6 is 23.8 Å². The van der Waals surface area contributed by atoms with Gasteiger partial charge < -0.3 is 5.32 Å². The third kappa shape index (κ3) is 2.85. The topological polar surface area (TPSA) is 12.0 Å². The molecule has 0 unspecified atom stereocenters. The summed E-state index contributed by atoms with van der Waals surface area (Å²) in [5.41, 5.74) is -0.928. The van der Waals surface area contributed by atoms with Gasteiger partial charge in [-0.25, -0.2) is 0 Å². The predicted molar refractivity (Wildman–Crippen MR) is 53.5 cm³/mol. The lowest BCUT2D eigenvalue weighted by Gasteiger charge is -2.12. The molecular weight excluding hydrogens is 235 g/mol. The SMILES string of the molecule is FC(F)(F)c1ccccc1NC(=S)Cl. The van der Waals surface area contributed by atoms with Gasteiger partial charge in [0.05, 0.1) is 11.3 Å². The molecule has 1 aromatic rings. The van der Waals surface area contributed by atoms with Crippen molar-refractivity contribution >= 4 is 34.0 Å². The third-order valence-corrected chi connectivity index (χ3v) is 1.66. The highest BCUT2D eigenvalue weighted by atomic mass is 35.5. The van der Waals surface area contributed by atoms with E-state index in [2.05, 4.69) is 17.5 Å². The van der Waals surface area contributed by atoms with Crippen molar-refractivity contribution in [3.8, 4) is 0 Å². The zero-order chi connectivity index (χ0) is 10.8. The molecule has 76 valence electrons. The Labute approximate surface area is 88.9 Å². The Morgan fingerprint density at radius 1 is 1.29 bits per heavy atom. The lowest BCUT2D eigenvalue weighted by molar-refractivity contribution is -0.136. The van der Waals surface area contributed by atoms with Crippen LogP contribution < -0.4 is 5.32 Å². The van der Waals surface area contributed by atoms with Crippen molar-refractivity contribution in [1.82, 2.24) is 0 Å². The van der Waals surface area contributed by atoms with Gasteiger partial charge in [-0.3, -0.25) is 0 Å². The van der Waals surface area contributed by atoms with Crippen LogP contribution in [0.1, 0.15) is 5.56 Å². The Kier molecular flexibility index (Phi) is 3.34. The Hall–Kier alpha value is -0.810. The van der Waals surface area contributed by atoms with Gasteiger partial charge in [0.25, 0.3) is 0 Å². The van der Waals surface area contributed by atoms with Crippen LogP contribution in [0.2, 0.25) is 0 Å². The van der Waals surface area contributed by atoms with Crippen LogP contribution in [0.3, 0.4) is 0 Å². The summed E-state index contributed by atoms with van der Waals surface area (Å²) < 4.78 is 36.9. The molecule has 1 rings (SSSR count). The zero-order valence-electron chi connectivity index (χ0n) is 6.73. The standard InChI is InChI=1S/C8H5ClF3NS/c9-7(14)13-6-4-2-1-3-5(6)8(10,11)12/h1-4H,(H,13,14). The fourth-order valence-corrected chi connectivity index (χ4v) is 1.16. The number of halogens is 4. The lowest BCUT2D eigenvalue weighted by Crippen LogP contribution is -2.11. The first-order valence-corrected chi connectivity index (χ1v) is 4.32.